The molecule has 0 spiro atoms. The van der Waals surface area contributed by atoms with Crippen LogP contribution in [0.2, 0.25) is 0 Å². The highest BCUT2D eigenvalue weighted by atomic mass is 16.5. The molecule has 0 amide bonds. The van der Waals surface area contributed by atoms with Crippen LogP contribution in [-0.2, 0) is 9.53 Å². The van der Waals surface area contributed by atoms with Gasteiger partial charge in [-0.1, -0.05) is 12.8 Å². The van der Waals surface area contributed by atoms with Crippen LogP contribution in [-0.4, -0.2) is 18.6 Å². The summed E-state index contributed by atoms with van der Waals surface area (Å²) >= 11 is 0. The van der Waals surface area contributed by atoms with Crippen LogP contribution >= 0.6 is 0 Å². The molecule has 3 heteroatoms. The first-order chi connectivity index (χ1) is 7.20. The molecule has 1 atom stereocenters. The molecule has 86 valence electrons. The first-order valence-corrected chi connectivity index (χ1v) is 6.13. The summed E-state index contributed by atoms with van der Waals surface area (Å²) in [7, 11) is 0. The molecule has 2 saturated carbocycles. The number of hydrogen-bond donors (Lipinski definition) is 1. The standard InChI is InChI=1S/C12H21NO2/c1-2-15-11(14)12(7-8-12)10(13)9-5-3-4-6-9/h9-10H,2-8,13H2,1H3. The molecule has 2 rings (SSSR count). The summed E-state index contributed by atoms with van der Waals surface area (Å²) in [6, 6.07) is 0.0408. The quantitative estimate of drug-likeness (QED) is 0.722. The Kier molecular flexibility index (Phi) is 3.01. The van der Waals surface area contributed by atoms with Crippen molar-refractivity contribution in [2.45, 2.75) is 51.5 Å². The summed E-state index contributed by atoms with van der Waals surface area (Å²) in [6.07, 6.45) is 6.81. The van der Waals surface area contributed by atoms with Gasteiger partial charge in [0.05, 0.1) is 12.0 Å². The zero-order valence-electron chi connectivity index (χ0n) is 9.50. The molecule has 0 saturated heterocycles. The van der Waals surface area contributed by atoms with Crippen LogP contribution in [0.1, 0.15) is 45.4 Å². The Balaban J connectivity index is 1.98. The largest absolute Gasteiger partial charge is 0.466 e. The smallest absolute Gasteiger partial charge is 0.313 e. The molecule has 2 fully saturated rings. The summed E-state index contributed by atoms with van der Waals surface area (Å²) in [4.78, 5) is 11.8. The van der Waals surface area contributed by atoms with Crippen molar-refractivity contribution >= 4 is 5.97 Å². The van der Waals surface area contributed by atoms with E-state index in [0.717, 1.165) is 12.8 Å². The Labute approximate surface area is 91.4 Å². The second kappa shape index (κ2) is 4.12. The molecule has 15 heavy (non-hydrogen) atoms. The number of carbonyl (C=O) groups excluding carboxylic acids is 1. The summed E-state index contributed by atoms with van der Waals surface area (Å²) in [5.74, 6) is 0.501. The van der Waals surface area contributed by atoms with Gasteiger partial charge in [0.25, 0.3) is 0 Å². The van der Waals surface area contributed by atoms with Crippen LogP contribution in [0.25, 0.3) is 0 Å². The highest BCUT2D eigenvalue weighted by Gasteiger charge is 2.57. The second-order valence-electron chi connectivity index (χ2n) is 4.95. The molecule has 2 aliphatic carbocycles. The maximum atomic E-state index is 11.8. The Bertz CT molecular complexity index is 242. The van der Waals surface area contributed by atoms with Crippen LogP contribution in [0.3, 0.4) is 0 Å². The monoisotopic (exact) mass is 211 g/mol. The molecule has 0 aromatic carbocycles. The molecule has 3 nitrogen and oxygen atoms in total. The normalized spacial score (nSPS) is 26.3. The molecule has 0 aromatic heterocycles. The maximum absolute atomic E-state index is 11.8. The lowest BCUT2D eigenvalue weighted by Crippen LogP contribution is -2.43. The predicted molar refractivity (Wildman–Crippen MR) is 58.2 cm³/mol. The van der Waals surface area contributed by atoms with Gasteiger partial charge in [0.1, 0.15) is 0 Å². The van der Waals surface area contributed by atoms with E-state index in [0.29, 0.717) is 12.5 Å². The summed E-state index contributed by atoms with van der Waals surface area (Å²) in [6.45, 7) is 2.33. The van der Waals surface area contributed by atoms with Crippen LogP contribution < -0.4 is 5.73 Å². The van der Waals surface area contributed by atoms with Gasteiger partial charge in [-0.05, 0) is 38.5 Å². The molecule has 0 aromatic rings. The molecular weight excluding hydrogens is 190 g/mol. The number of rotatable bonds is 4. The van der Waals surface area contributed by atoms with E-state index in [4.69, 9.17) is 10.5 Å². The molecule has 0 radical (unpaired) electrons. The van der Waals surface area contributed by atoms with Gasteiger partial charge >= 0.3 is 5.97 Å². The zero-order valence-corrected chi connectivity index (χ0v) is 9.50. The highest BCUT2D eigenvalue weighted by molar-refractivity contribution is 5.81. The number of nitrogens with two attached hydrogens (primary N) is 1. The van der Waals surface area contributed by atoms with Crippen LogP contribution in [0.5, 0.6) is 0 Å². The van der Waals surface area contributed by atoms with E-state index >= 15 is 0 Å². The molecular formula is C12H21NO2. The van der Waals surface area contributed by atoms with Crippen molar-refractivity contribution in [2.24, 2.45) is 17.1 Å². The Morgan fingerprint density at radius 1 is 1.47 bits per heavy atom. The van der Waals surface area contributed by atoms with Crippen LogP contribution in [0.4, 0.5) is 0 Å². The minimum absolute atomic E-state index is 0.0408. The lowest BCUT2D eigenvalue weighted by molar-refractivity contribution is -0.151. The lowest BCUT2D eigenvalue weighted by Gasteiger charge is -2.26. The molecule has 1 unspecified atom stereocenters. The van der Waals surface area contributed by atoms with E-state index in [1.165, 1.54) is 25.7 Å². The highest BCUT2D eigenvalue weighted by Crippen LogP contribution is 2.52. The van der Waals surface area contributed by atoms with E-state index < -0.39 is 0 Å². The van der Waals surface area contributed by atoms with E-state index in [9.17, 15) is 4.79 Å². The number of carbonyl (C=O) groups is 1. The Morgan fingerprint density at radius 2 is 2.07 bits per heavy atom. The fraction of sp³-hybridized carbons (Fsp3) is 0.917. The fourth-order valence-corrected chi connectivity index (χ4v) is 2.85. The molecule has 2 aliphatic rings. The first-order valence-electron chi connectivity index (χ1n) is 6.13. The van der Waals surface area contributed by atoms with Crippen LogP contribution in [0, 0.1) is 11.3 Å². The second-order valence-corrected chi connectivity index (χ2v) is 4.95. The fourth-order valence-electron chi connectivity index (χ4n) is 2.85. The van der Waals surface area contributed by atoms with E-state index in [2.05, 4.69) is 0 Å². The Hall–Kier alpha value is -0.570. The predicted octanol–water partition coefficient (Wildman–Crippen LogP) is 1.85. The van der Waals surface area contributed by atoms with Crippen molar-refractivity contribution in [1.29, 1.82) is 0 Å². The Morgan fingerprint density at radius 3 is 2.53 bits per heavy atom. The number of ether oxygens (including phenoxy) is 1. The van der Waals surface area contributed by atoms with Gasteiger partial charge in [0, 0.05) is 6.04 Å². The summed E-state index contributed by atoms with van der Waals surface area (Å²) in [5, 5.41) is 0. The van der Waals surface area contributed by atoms with Gasteiger partial charge in [-0.2, -0.15) is 0 Å². The molecule has 0 bridgehead atoms. The first kappa shape index (κ1) is 10.9. The number of hydrogen-bond acceptors (Lipinski definition) is 3. The minimum atomic E-state index is -0.301. The molecule has 2 N–H and O–H groups in total. The van der Waals surface area contributed by atoms with Crippen molar-refractivity contribution < 1.29 is 9.53 Å². The topological polar surface area (TPSA) is 52.3 Å². The van der Waals surface area contributed by atoms with Gasteiger partial charge in [-0.15, -0.1) is 0 Å². The average Bonchev–Trinajstić information content (AvgIpc) is 2.86. The van der Waals surface area contributed by atoms with E-state index in [-0.39, 0.29) is 17.4 Å². The van der Waals surface area contributed by atoms with E-state index in [1.54, 1.807) is 0 Å². The van der Waals surface area contributed by atoms with Crippen molar-refractivity contribution in [1.82, 2.24) is 0 Å². The molecule has 0 heterocycles. The summed E-state index contributed by atoms with van der Waals surface area (Å²) in [5.41, 5.74) is 5.95. The van der Waals surface area contributed by atoms with Crippen LogP contribution in [0.15, 0.2) is 0 Å². The maximum Gasteiger partial charge on any atom is 0.313 e. The average molecular weight is 211 g/mol. The minimum Gasteiger partial charge on any atom is -0.466 e. The van der Waals surface area contributed by atoms with Gasteiger partial charge < -0.3 is 10.5 Å². The third-order valence-electron chi connectivity index (χ3n) is 4.02. The van der Waals surface area contributed by atoms with E-state index in [1.807, 2.05) is 6.92 Å². The van der Waals surface area contributed by atoms with Gasteiger partial charge in [0.15, 0.2) is 0 Å². The SMILES string of the molecule is CCOC(=O)C1(C(N)C2CCCC2)CC1. The lowest BCUT2D eigenvalue weighted by atomic mass is 9.85. The van der Waals surface area contributed by atoms with Crippen molar-refractivity contribution in [2.75, 3.05) is 6.61 Å². The van der Waals surface area contributed by atoms with Gasteiger partial charge in [-0.3, -0.25) is 4.79 Å². The van der Waals surface area contributed by atoms with Crippen molar-refractivity contribution in [3.63, 3.8) is 0 Å². The zero-order chi connectivity index (χ0) is 10.9. The number of esters is 1. The summed E-state index contributed by atoms with van der Waals surface area (Å²) < 4.78 is 5.13. The van der Waals surface area contributed by atoms with Crippen molar-refractivity contribution in [3.05, 3.63) is 0 Å². The van der Waals surface area contributed by atoms with Gasteiger partial charge in [-0.25, -0.2) is 0 Å². The third-order valence-corrected chi connectivity index (χ3v) is 4.02. The molecule has 0 aliphatic heterocycles. The van der Waals surface area contributed by atoms with Crippen molar-refractivity contribution in [3.8, 4) is 0 Å². The third kappa shape index (κ3) is 1.89. The van der Waals surface area contributed by atoms with Gasteiger partial charge in [0.2, 0.25) is 0 Å².